The van der Waals surface area contributed by atoms with Crippen LogP contribution in [0.4, 0.5) is 0 Å². The van der Waals surface area contributed by atoms with Crippen molar-refractivity contribution in [2.75, 3.05) is 0 Å². The number of nitrogens with zero attached hydrogens (tertiary/aromatic N) is 2. The lowest BCUT2D eigenvalue weighted by Gasteiger charge is -2.14. The molecule has 0 saturated heterocycles. The van der Waals surface area contributed by atoms with Crippen molar-refractivity contribution >= 4 is 0 Å². The molecule has 0 bridgehead atoms. The molecule has 0 aliphatic rings. The fourth-order valence-corrected chi connectivity index (χ4v) is 1.04. The molecule has 0 aliphatic carbocycles. The lowest BCUT2D eigenvalue weighted by molar-refractivity contribution is 0.476. The highest BCUT2D eigenvalue weighted by Gasteiger charge is 2.10. The molecule has 0 amide bonds. The summed E-state index contributed by atoms with van der Waals surface area (Å²) >= 11 is 0. The smallest absolute Gasteiger partial charge is 0.109 e. The second kappa shape index (κ2) is 3.72. The summed E-state index contributed by atoms with van der Waals surface area (Å²) in [6.07, 6.45) is 4.62. The third kappa shape index (κ3) is 2.08. The first-order valence-electron chi connectivity index (χ1n) is 4.33. The number of aryl methyl sites for hydroxylation is 1. The second-order valence-electron chi connectivity index (χ2n) is 3.57. The van der Waals surface area contributed by atoms with E-state index in [2.05, 4.69) is 18.8 Å². The van der Waals surface area contributed by atoms with E-state index in [1.165, 1.54) is 0 Å². The largest absolute Gasteiger partial charge is 0.338 e. The van der Waals surface area contributed by atoms with Crippen LogP contribution in [0.5, 0.6) is 0 Å². The second-order valence-corrected chi connectivity index (χ2v) is 3.57. The normalized spacial score (nSPS) is 13.8. The number of nitrogens with two attached hydrogens (primary N) is 1. The minimum absolute atomic E-state index is 0.214. The number of rotatable bonds is 3. The zero-order valence-electron chi connectivity index (χ0n) is 7.99. The third-order valence-corrected chi connectivity index (χ3v) is 2.20. The van der Waals surface area contributed by atoms with Gasteiger partial charge in [-0.05, 0) is 5.92 Å². The van der Waals surface area contributed by atoms with Crippen molar-refractivity contribution in [1.82, 2.24) is 9.55 Å². The Morgan fingerprint density at radius 1 is 1.58 bits per heavy atom. The number of imidazole rings is 1. The van der Waals surface area contributed by atoms with Gasteiger partial charge >= 0.3 is 0 Å². The van der Waals surface area contributed by atoms with Gasteiger partial charge in [-0.3, -0.25) is 0 Å². The molecular formula is C9H17N3. The minimum Gasteiger partial charge on any atom is -0.338 e. The van der Waals surface area contributed by atoms with Crippen molar-refractivity contribution in [3.05, 3.63) is 18.2 Å². The standard InChI is InChI=1S/C9H17N3/c1-7(2)8(10)6-9-11-4-5-12(9)3/h4-5,7-8H,6,10H2,1-3H3. The van der Waals surface area contributed by atoms with E-state index < -0.39 is 0 Å². The van der Waals surface area contributed by atoms with Gasteiger partial charge in [0.05, 0.1) is 0 Å². The lowest BCUT2D eigenvalue weighted by atomic mass is 10.0. The predicted octanol–water partition coefficient (Wildman–Crippen LogP) is 0.946. The quantitative estimate of drug-likeness (QED) is 0.728. The van der Waals surface area contributed by atoms with Gasteiger partial charge in [-0.25, -0.2) is 4.98 Å². The first-order valence-corrected chi connectivity index (χ1v) is 4.33. The molecule has 1 unspecified atom stereocenters. The number of hydrogen-bond acceptors (Lipinski definition) is 2. The fourth-order valence-electron chi connectivity index (χ4n) is 1.04. The van der Waals surface area contributed by atoms with Crippen molar-refractivity contribution in [2.24, 2.45) is 18.7 Å². The average Bonchev–Trinajstić information content (AvgIpc) is 2.36. The Hall–Kier alpha value is -0.830. The monoisotopic (exact) mass is 167 g/mol. The topological polar surface area (TPSA) is 43.8 Å². The highest BCUT2D eigenvalue weighted by molar-refractivity contribution is 4.94. The van der Waals surface area contributed by atoms with E-state index in [0.29, 0.717) is 5.92 Å². The van der Waals surface area contributed by atoms with Crippen molar-refractivity contribution < 1.29 is 0 Å². The summed E-state index contributed by atoms with van der Waals surface area (Å²) in [5, 5.41) is 0. The van der Waals surface area contributed by atoms with Crippen LogP contribution >= 0.6 is 0 Å². The molecule has 0 aromatic carbocycles. The van der Waals surface area contributed by atoms with Crippen LogP contribution in [0.15, 0.2) is 12.4 Å². The maximum atomic E-state index is 5.92. The van der Waals surface area contributed by atoms with Crippen LogP contribution in [-0.2, 0) is 13.5 Å². The van der Waals surface area contributed by atoms with Crippen LogP contribution in [-0.4, -0.2) is 15.6 Å². The van der Waals surface area contributed by atoms with Crippen molar-refractivity contribution in [2.45, 2.75) is 26.3 Å². The van der Waals surface area contributed by atoms with E-state index in [0.717, 1.165) is 12.2 Å². The van der Waals surface area contributed by atoms with Crippen molar-refractivity contribution in [3.8, 4) is 0 Å². The summed E-state index contributed by atoms with van der Waals surface area (Å²) in [6, 6.07) is 0.214. The van der Waals surface area contributed by atoms with Gasteiger partial charge in [-0.15, -0.1) is 0 Å². The van der Waals surface area contributed by atoms with Crippen LogP contribution in [0.3, 0.4) is 0 Å². The first kappa shape index (κ1) is 9.26. The molecule has 68 valence electrons. The predicted molar refractivity (Wildman–Crippen MR) is 49.7 cm³/mol. The Kier molecular flexibility index (Phi) is 2.87. The molecule has 3 nitrogen and oxygen atoms in total. The van der Waals surface area contributed by atoms with Crippen molar-refractivity contribution in [1.29, 1.82) is 0 Å². The van der Waals surface area contributed by atoms with E-state index in [4.69, 9.17) is 5.73 Å². The molecule has 0 radical (unpaired) electrons. The highest BCUT2D eigenvalue weighted by Crippen LogP contribution is 2.05. The zero-order chi connectivity index (χ0) is 9.14. The molecule has 0 fully saturated rings. The molecule has 1 atom stereocenters. The van der Waals surface area contributed by atoms with Crippen LogP contribution in [0.25, 0.3) is 0 Å². The van der Waals surface area contributed by atoms with Gasteiger partial charge in [0, 0.05) is 31.9 Å². The molecule has 1 aromatic heterocycles. The first-order chi connectivity index (χ1) is 5.61. The summed E-state index contributed by atoms with van der Waals surface area (Å²) in [5.41, 5.74) is 5.92. The van der Waals surface area contributed by atoms with E-state index in [1.807, 2.05) is 24.0 Å². The minimum atomic E-state index is 0.214. The summed E-state index contributed by atoms with van der Waals surface area (Å²) in [7, 11) is 2.00. The lowest BCUT2D eigenvalue weighted by Crippen LogP contribution is -2.29. The van der Waals surface area contributed by atoms with Gasteiger partial charge in [-0.2, -0.15) is 0 Å². The molecule has 0 spiro atoms. The SMILES string of the molecule is CC(C)C(N)Cc1nccn1C. The Morgan fingerprint density at radius 3 is 2.67 bits per heavy atom. The third-order valence-electron chi connectivity index (χ3n) is 2.20. The fraction of sp³-hybridized carbons (Fsp3) is 0.667. The average molecular weight is 167 g/mol. The molecule has 1 rings (SSSR count). The van der Waals surface area contributed by atoms with E-state index in [-0.39, 0.29) is 6.04 Å². The van der Waals surface area contributed by atoms with Gasteiger partial charge in [0.1, 0.15) is 5.82 Å². The summed E-state index contributed by atoms with van der Waals surface area (Å²) < 4.78 is 2.02. The molecule has 1 heterocycles. The molecule has 12 heavy (non-hydrogen) atoms. The number of hydrogen-bond donors (Lipinski definition) is 1. The number of aromatic nitrogens is 2. The molecule has 0 saturated carbocycles. The Bertz CT molecular complexity index is 240. The van der Waals surface area contributed by atoms with Crippen LogP contribution < -0.4 is 5.73 Å². The Balaban J connectivity index is 2.58. The molecular weight excluding hydrogens is 150 g/mol. The van der Waals surface area contributed by atoms with Crippen molar-refractivity contribution in [3.63, 3.8) is 0 Å². The van der Waals surface area contributed by atoms with E-state index in [1.54, 1.807) is 0 Å². The van der Waals surface area contributed by atoms with Gasteiger partial charge in [0.25, 0.3) is 0 Å². The Morgan fingerprint density at radius 2 is 2.25 bits per heavy atom. The zero-order valence-corrected chi connectivity index (χ0v) is 7.99. The highest BCUT2D eigenvalue weighted by atomic mass is 15.0. The summed E-state index contributed by atoms with van der Waals surface area (Å²) in [4.78, 5) is 4.22. The molecule has 2 N–H and O–H groups in total. The molecule has 0 aliphatic heterocycles. The molecule has 1 aromatic rings. The van der Waals surface area contributed by atoms with Crippen LogP contribution in [0.1, 0.15) is 19.7 Å². The van der Waals surface area contributed by atoms with E-state index in [9.17, 15) is 0 Å². The van der Waals surface area contributed by atoms with Gasteiger partial charge in [0.2, 0.25) is 0 Å². The van der Waals surface area contributed by atoms with Crippen LogP contribution in [0, 0.1) is 5.92 Å². The Labute approximate surface area is 73.6 Å². The van der Waals surface area contributed by atoms with Gasteiger partial charge < -0.3 is 10.3 Å². The van der Waals surface area contributed by atoms with Gasteiger partial charge in [-0.1, -0.05) is 13.8 Å². The summed E-state index contributed by atoms with van der Waals surface area (Å²) in [6.45, 7) is 4.27. The van der Waals surface area contributed by atoms with Crippen LogP contribution in [0.2, 0.25) is 0 Å². The maximum Gasteiger partial charge on any atom is 0.109 e. The van der Waals surface area contributed by atoms with Gasteiger partial charge in [0.15, 0.2) is 0 Å². The molecule has 3 heteroatoms. The summed E-state index contributed by atoms with van der Waals surface area (Å²) in [5.74, 6) is 1.58. The maximum absolute atomic E-state index is 5.92. The van der Waals surface area contributed by atoms with E-state index >= 15 is 0 Å².